The van der Waals surface area contributed by atoms with Gasteiger partial charge < -0.3 is 23.7 Å². The molecule has 44 heavy (non-hydrogen) atoms. The van der Waals surface area contributed by atoms with Gasteiger partial charge in [0, 0.05) is 19.8 Å². The van der Waals surface area contributed by atoms with Crippen LogP contribution in [-0.2, 0) is 32.8 Å². The molecule has 0 bridgehead atoms. The molecule has 0 saturated carbocycles. The van der Waals surface area contributed by atoms with E-state index in [-0.39, 0.29) is 12.6 Å². The molecule has 0 aliphatic carbocycles. The van der Waals surface area contributed by atoms with E-state index in [2.05, 4.69) is 4.98 Å². The number of rotatable bonds is 7. The predicted octanol–water partition coefficient (Wildman–Crippen LogP) is 4.67. The summed E-state index contributed by atoms with van der Waals surface area (Å²) in [5.74, 6) is 0.396. The molecule has 12 heteroatoms. The van der Waals surface area contributed by atoms with Gasteiger partial charge in [0.05, 0.1) is 29.7 Å². The average molecular weight is 628 g/mol. The Morgan fingerprint density at radius 3 is 2.39 bits per heavy atom. The van der Waals surface area contributed by atoms with Crippen molar-refractivity contribution in [3.63, 3.8) is 0 Å². The zero-order chi connectivity index (χ0) is 32.2. The standard InChI is InChI=1S/C27H31N3O6S.C5H10O2/c1-16-19-22(31)30(27(5,6)24(32)36-26(2,3)4)25(33)29(14-12-17-10-8-9-11-18(17)34-7)23(19)37-20(16)21-28-13-15-35-21;6-5-1-3-7-4-2-5/h8-11,13,15H,12,14H2,1-7H3;5-6H,1-4H2. The summed E-state index contributed by atoms with van der Waals surface area (Å²) in [5, 5.41) is 9.17. The molecule has 1 saturated heterocycles. The van der Waals surface area contributed by atoms with E-state index in [9.17, 15) is 14.4 Å². The number of aromatic nitrogens is 3. The van der Waals surface area contributed by atoms with E-state index in [1.807, 2.05) is 24.3 Å². The number of fused-ring (bicyclic) bond motifs is 1. The van der Waals surface area contributed by atoms with Gasteiger partial charge in [0.15, 0.2) is 0 Å². The number of aryl methyl sites for hydroxylation is 3. The van der Waals surface area contributed by atoms with Crippen molar-refractivity contribution in [2.75, 3.05) is 20.3 Å². The van der Waals surface area contributed by atoms with E-state index in [0.29, 0.717) is 38.7 Å². The number of methoxy groups -OCH3 is 1. The van der Waals surface area contributed by atoms with Crippen LogP contribution in [0.5, 0.6) is 5.75 Å². The number of aliphatic hydroxyl groups excluding tert-OH is 1. The quantitative estimate of drug-likeness (QED) is 0.290. The van der Waals surface area contributed by atoms with Gasteiger partial charge in [-0.3, -0.25) is 9.36 Å². The first-order valence-corrected chi connectivity index (χ1v) is 15.4. The molecular formula is C32H41N3O8S. The van der Waals surface area contributed by atoms with Crippen LogP contribution in [-0.4, -0.2) is 57.2 Å². The Balaban J connectivity index is 0.000000555. The zero-order valence-corrected chi connectivity index (χ0v) is 27.2. The number of hydrogen-bond donors (Lipinski definition) is 1. The van der Waals surface area contributed by atoms with E-state index in [1.54, 1.807) is 39.4 Å². The summed E-state index contributed by atoms with van der Waals surface area (Å²) in [6, 6.07) is 7.57. The highest BCUT2D eigenvalue weighted by atomic mass is 32.1. The monoisotopic (exact) mass is 627 g/mol. The van der Waals surface area contributed by atoms with E-state index >= 15 is 0 Å². The lowest BCUT2D eigenvalue weighted by Crippen LogP contribution is -2.54. The molecule has 4 heterocycles. The van der Waals surface area contributed by atoms with Crippen molar-refractivity contribution < 1.29 is 28.5 Å². The molecule has 4 aromatic rings. The Hall–Kier alpha value is -3.74. The summed E-state index contributed by atoms with van der Waals surface area (Å²) in [4.78, 5) is 46.4. The molecule has 0 amide bonds. The fraction of sp³-hybridized carbons (Fsp3) is 0.500. The number of hydrogen-bond acceptors (Lipinski definition) is 10. The van der Waals surface area contributed by atoms with Gasteiger partial charge in [0.1, 0.15) is 28.0 Å². The number of aliphatic hydroxyl groups is 1. The zero-order valence-electron chi connectivity index (χ0n) is 26.3. The molecule has 1 aromatic carbocycles. The van der Waals surface area contributed by atoms with Gasteiger partial charge in [-0.25, -0.2) is 19.1 Å². The predicted molar refractivity (Wildman–Crippen MR) is 169 cm³/mol. The lowest BCUT2D eigenvalue weighted by molar-refractivity contribution is -0.164. The molecular weight excluding hydrogens is 586 g/mol. The highest BCUT2D eigenvalue weighted by molar-refractivity contribution is 7.22. The number of nitrogens with zero attached hydrogens (tertiary/aromatic N) is 3. The lowest BCUT2D eigenvalue weighted by Gasteiger charge is -2.30. The molecule has 1 aliphatic heterocycles. The highest BCUT2D eigenvalue weighted by Crippen LogP contribution is 2.36. The van der Waals surface area contributed by atoms with Crippen LogP contribution in [0.3, 0.4) is 0 Å². The third-order valence-corrected chi connectivity index (χ3v) is 8.59. The number of para-hydroxylation sites is 1. The first-order valence-electron chi connectivity index (χ1n) is 14.6. The number of oxazole rings is 1. The smallest absolute Gasteiger partial charge is 0.333 e. The fourth-order valence-corrected chi connectivity index (χ4v) is 6.16. The molecule has 1 N–H and O–H groups in total. The average Bonchev–Trinajstić information content (AvgIpc) is 3.61. The second kappa shape index (κ2) is 13.5. The van der Waals surface area contributed by atoms with Crippen molar-refractivity contribution in [1.29, 1.82) is 0 Å². The van der Waals surface area contributed by atoms with Crippen molar-refractivity contribution in [1.82, 2.24) is 14.1 Å². The van der Waals surface area contributed by atoms with Gasteiger partial charge in [-0.2, -0.15) is 0 Å². The van der Waals surface area contributed by atoms with Gasteiger partial charge in [-0.05, 0) is 78.0 Å². The number of carbonyl (C=O) groups excluding carboxylic acids is 1. The largest absolute Gasteiger partial charge is 0.496 e. The van der Waals surface area contributed by atoms with Gasteiger partial charge in [0.25, 0.3) is 5.56 Å². The molecule has 0 radical (unpaired) electrons. The Morgan fingerprint density at radius 2 is 1.82 bits per heavy atom. The molecule has 1 fully saturated rings. The Labute approximate surface area is 260 Å². The van der Waals surface area contributed by atoms with Crippen molar-refractivity contribution in [2.24, 2.45) is 0 Å². The van der Waals surface area contributed by atoms with Gasteiger partial charge >= 0.3 is 11.7 Å². The van der Waals surface area contributed by atoms with Crippen molar-refractivity contribution >= 4 is 27.5 Å². The molecule has 238 valence electrons. The second-order valence-corrected chi connectivity index (χ2v) is 13.1. The maximum Gasteiger partial charge on any atom is 0.333 e. The third-order valence-electron chi connectivity index (χ3n) is 7.28. The van der Waals surface area contributed by atoms with Crippen LogP contribution in [0.1, 0.15) is 58.6 Å². The summed E-state index contributed by atoms with van der Waals surface area (Å²) in [6.45, 7) is 11.8. The Bertz CT molecular complexity index is 1700. The van der Waals surface area contributed by atoms with E-state index in [1.165, 1.54) is 37.6 Å². The fourth-order valence-electron chi connectivity index (χ4n) is 4.90. The van der Waals surface area contributed by atoms with Gasteiger partial charge in [-0.15, -0.1) is 11.3 Å². The number of carbonyl (C=O) groups is 1. The second-order valence-electron chi connectivity index (χ2n) is 12.1. The minimum atomic E-state index is -1.56. The van der Waals surface area contributed by atoms with Crippen LogP contribution in [0.15, 0.2) is 50.7 Å². The molecule has 0 spiro atoms. The molecule has 11 nitrogen and oxygen atoms in total. The normalized spacial score (nSPS) is 14.3. The third kappa shape index (κ3) is 7.14. The van der Waals surface area contributed by atoms with E-state index < -0.39 is 28.4 Å². The Morgan fingerprint density at radius 1 is 1.14 bits per heavy atom. The minimum Gasteiger partial charge on any atom is -0.496 e. The first-order chi connectivity index (χ1) is 20.8. The molecule has 0 atom stereocenters. The molecule has 5 rings (SSSR count). The molecule has 3 aromatic heterocycles. The lowest BCUT2D eigenvalue weighted by atomic mass is 10.0. The number of ether oxygens (including phenoxy) is 3. The maximum atomic E-state index is 14.0. The SMILES string of the molecule is COc1ccccc1CCn1c(=O)n(C(C)(C)C(=O)OC(C)(C)C)c(=O)c2c(C)c(-c3ncco3)sc21.OC1CCOCC1. The van der Waals surface area contributed by atoms with Crippen LogP contribution in [0.25, 0.3) is 21.0 Å². The van der Waals surface area contributed by atoms with Crippen LogP contribution in [0.4, 0.5) is 0 Å². The van der Waals surface area contributed by atoms with Gasteiger partial charge in [-0.1, -0.05) is 18.2 Å². The summed E-state index contributed by atoms with van der Waals surface area (Å²) in [7, 11) is 1.60. The topological polar surface area (TPSA) is 135 Å². The molecule has 1 aliphatic rings. The van der Waals surface area contributed by atoms with Crippen LogP contribution < -0.4 is 16.0 Å². The maximum absolute atomic E-state index is 14.0. The Kier molecular flexibility index (Phi) is 10.2. The number of esters is 1. The van der Waals surface area contributed by atoms with Crippen LogP contribution in [0.2, 0.25) is 0 Å². The molecule has 0 unspecified atom stereocenters. The number of benzene rings is 1. The minimum absolute atomic E-state index is 0.0891. The van der Waals surface area contributed by atoms with E-state index in [0.717, 1.165) is 36.2 Å². The van der Waals surface area contributed by atoms with Crippen molar-refractivity contribution in [2.45, 2.75) is 84.6 Å². The summed E-state index contributed by atoms with van der Waals surface area (Å²) in [6.07, 6.45) is 5.00. The van der Waals surface area contributed by atoms with Crippen molar-refractivity contribution in [3.8, 4) is 16.5 Å². The van der Waals surface area contributed by atoms with Gasteiger partial charge in [0.2, 0.25) is 5.89 Å². The summed E-state index contributed by atoms with van der Waals surface area (Å²) < 4.78 is 24.1. The summed E-state index contributed by atoms with van der Waals surface area (Å²) in [5.41, 5.74) is -1.96. The summed E-state index contributed by atoms with van der Waals surface area (Å²) >= 11 is 1.27. The van der Waals surface area contributed by atoms with Crippen LogP contribution in [0, 0.1) is 6.92 Å². The number of thiophene rings is 1. The highest BCUT2D eigenvalue weighted by Gasteiger charge is 2.38. The van der Waals surface area contributed by atoms with Crippen molar-refractivity contribution in [3.05, 3.63) is 68.7 Å². The van der Waals surface area contributed by atoms with Crippen LogP contribution >= 0.6 is 11.3 Å². The first kappa shape index (κ1) is 33.2. The van der Waals surface area contributed by atoms with E-state index in [4.69, 9.17) is 23.7 Å².